The molecule has 0 saturated carbocycles. The van der Waals surface area contributed by atoms with E-state index in [1.165, 1.54) is 0 Å². The second-order valence-electron chi connectivity index (χ2n) is 10.7. The molecule has 0 N–H and O–H groups in total. The van der Waals surface area contributed by atoms with E-state index in [9.17, 15) is 0 Å². The lowest BCUT2D eigenvalue weighted by Crippen LogP contribution is -2.48. The first-order valence-corrected chi connectivity index (χ1v) is 16.1. The van der Waals surface area contributed by atoms with Crippen molar-refractivity contribution < 1.29 is 4.43 Å². The molecule has 1 unspecified atom stereocenters. The van der Waals surface area contributed by atoms with E-state index in [0.717, 1.165) is 5.56 Å². The van der Waals surface area contributed by atoms with Gasteiger partial charge < -0.3 is 4.43 Å². The summed E-state index contributed by atoms with van der Waals surface area (Å²) in [5.41, 5.74) is 5.46. The lowest BCUT2D eigenvalue weighted by atomic mass is 9.96. The fraction of sp³-hybridized carbons (Fsp3) is 0.615. The van der Waals surface area contributed by atoms with Gasteiger partial charge in [0, 0.05) is 5.56 Å². The van der Waals surface area contributed by atoms with Crippen molar-refractivity contribution in [2.24, 2.45) is 0 Å². The van der Waals surface area contributed by atoms with Gasteiger partial charge in [-0.3, -0.25) is 0 Å². The predicted molar refractivity (Wildman–Crippen MR) is 134 cm³/mol. The molecule has 0 aliphatic heterocycles. The van der Waals surface area contributed by atoms with Gasteiger partial charge in [0.25, 0.3) is 0 Å². The first kappa shape index (κ1) is 25.8. The summed E-state index contributed by atoms with van der Waals surface area (Å²) in [5, 5.41) is 0.0498. The van der Waals surface area contributed by atoms with Crippen molar-refractivity contribution in [1.29, 1.82) is 0 Å². The molecule has 3 heteroatoms. The van der Waals surface area contributed by atoms with Crippen molar-refractivity contribution in [3.8, 4) is 23.8 Å². The van der Waals surface area contributed by atoms with E-state index >= 15 is 0 Å². The topological polar surface area (TPSA) is 9.23 Å². The molecule has 29 heavy (non-hydrogen) atoms. The molecule has 1 atom stereocenters. The Morgan fingerprint density at radius 3 is 1.66 bits per heavy atom. The molecule has 160 valence electrons. The van der Waals surface area contributed by atoms with Crippen LogP contribution in [-0.2, 0) is 10.0 Å². The molecule has 0 fully saturated rings. The molecule has 0 aliphatic carbocycles. The summed E-state index contributed by atoms with van der Waals surface area (Å²) >= 11 is 0. The predicted octanol–water partition coefficient (Wildman–Crippen LogP) is 7.76. The van der Waals surface area contributed by atoms with Crippen LogP contribution in [0.25, 0.3) is 0 Å². The second-order valence-corrected chi connectivity index (χ2v) is 21.0. The molecule has 0 aliphatic rings. The van der Waals surface area contributed by atoms with E-state index in [4.69, 9.17) is 10.8 Å². The molecule has 0 amide bonds. The van der Waals surface area contributed by atoms with E-state index < -0.39 is 22.0 Å². The highest BCUT2D eigenvalue weighted by Gasteiger charge is 2.46. The number of terminal acetylenes is 1. The summed E-state index contributed by atoms with van der Waals surface area (Å²) in [6.07, 6.45) is 6.21. The van der Waals surface area contributed by atoms with E-state index in [1.807, 2.05) is 18.2 Å². The molecule has 1 nitrogen and oxygen atoms in total. The minimum atomic E-state index is -2.15. The van der Waals surface area contributed by atoms with Crippen LogP contribution in [0.1, 0.15) is 67.9 Å². The summed E-state index contributed by atoms with van der Waals surface area (Å²) in [4.78, 5) is 0. The van der Waals surface area contributed by atoms with Gasteiger partial charge in [0.2, 0.25) is 5.60 Å². The summed E-state index contributed by atoms with van der Waals surface area (Å²) in [7, 11) is -4.08. The average molecular weight is 427 g/mol. The highest BCUT2D eigenvalue weighted by molar-refractivity contribution is 6.90. The van der Waals surface area contributed by atoms with Crippen molar-refractivity contribution in [1.82, 2.24) is 0 Å². The lowest BCUT2D eigenvalue weighted by molar-refractivity contribution is 0.171. The van der Waals surface area contributed by atoms with Crippen LogP contribution in [0.15, 0.2) is 30.3 Å². The maximum atomic E-state index is 6.91. The van der Waals surface area contributed by atoms with Gasteiger partial charge in [0.1, 0.15) is 8.07 Å². The molecular formula is C26H42OSi2. The Balaban J connectivity index is 3.77. The fourth-order valence-corrected chi connectivity index (χ4v) is 10.7. The maximum absolute atomic E-state index is 6.91. The third-order valence-electron chi connectivity index (χ3n) is 6.92. The van der Waals surface area contributed by atoms with E-state index in [2.05, 4.69) is 105 Å². The van der Waals surface area contributed by atoms with Gasteiger partial charge in [-0.15, -0.1) is 12.0 Å². The average Bonchev–Trinajstić information content (AvgIpc) is 2.59. The van der Waals surface area contributed by atoms with Gasteiger partial charge >= 0.3 is 0 Å². The molecule has 0 radical (unpaired) electrons. The van der Waals surface area contributed by atoms with Crippen LogP contribution in [0.3, 0.4) is 0 Å². The molecule has 0 bridgehead atoms. The lowest BCUT2D eigenvalue weighted by Gasteiger charge is -2.42. The van der Waals surface area contributed by atoms with Crippen LogP contribution < -0.4 is 0 Å². The second kappa shape index (κ2) is 9.26. The highest BCUT2D eigenvalue weighted by atomic mass is 28.4. The minimum Gasteiger partial charge on any atom is -0.388 e. The number of benzene rings is 1. The third kappa shape index (κ3) is 5.27. The molecule has 0 aromatic heterocycles. The molecule has 0 spiro atoms. The minimum absolute atomic E-state index is 0.0498. The van der Waals surface area contributed by atoms with Crippen molar-refractivity contribution in [3.05, 3.63) is 35.9 Å². The molecular weight excluding hydrogens is 384 g/mol. The molecule has 0 heterocycles. The summed E-state index contributed by atoms with van der Waals surface area (Å²) < 4.78 is 6.91. The monoisotopic (exact) mass is 426 g/mol. The molecule has 0 saturated heterocycles. The number of hydrogen-bond donors (Lipinski definition) is 0. The van der Waals surface area contributed by atoms with Crippen LogP contribution in [-0.4, -0.2) is 16.4 Å². The van der Waals surface area contributed by atoms with Crippen LogP contribution in [0.5, 0.6) is 0 Å². The summed E-state index contributed by atoms with van der Waals surface area (Å²) in [6.45, 7) is 25.2. The van der Waals surface area contributed by atoms with Crippen molar-refractivity contribution in [2.45, 2.75) is 103 Å². The zero-order chi connectivity index (χ0) is 22.7. The third-order valence-corrected chi connectivity index (χ3v) is 17.6. The van der Waals surface area contributed by atoms with Crippen molar-refractivity contribution >= 4 is 16.4 Å². The number of rotatable bonds is 6. The zero-order valence-corrected chi connectivity index (χ0v) is 22.6. The molecule has 1 aromatic carbocycles. The van der Waals surface area contributed by atoms with Crippen molar-refractivity contribution in [3.63, 3.8) is 0 Å². The summed E-state index contributed by atoms with van der Waals surface area (Å²) in [6, 6.07) is 10.2. The van der Waals surface area contributed by atoms with E-state index in [1.54, 1.807) is 0 Å². The standard InChI is InChI=1S/C26H42OSi2/c1-13-26(24-17-15-14-16-18-24,27-28(11,12)25(8,9)10)19-20-29(21(2)3,22(4)5)23(6)7/h1,14-18,21-23H,2-12H3. The normalized spacial score (nSPS) is 15.1. The van der Waals surface area contributed by atoms with Crippen LogP contribution in [0.4, 0.5) is 0 Å². The molecule has 1 aromatic rings. The summed E-state index contributed by atoms with van der Waals surface area (Å²) in [5.74, 6) is 6.61. The Labute approximate surface area is 183 Å². The smallest absolute Gasteiger partial charge is 0.206 e. The van der Waals surface area contributed by atoms with Gasteiger partial charge in [0.15, 0.2) is 8.32 Å². The molecule has 1 rings (SSSR count). The first-order valence-electron chi connectivity index (χ1n) is 10.9. The SMILES string of the molecule is C#CC(C#C[Si](C(C)C)(C(C)C)C(C)C)(O[Si](C)(C)C(C)(C)C)c1ccccc1. The Morgan fingerprint density at radius 2 is 1.31 bits per heavy atom. The Bertz CT molecular complexity index is 745. The first-order chi connectivity index (χ1) is 13.2. The quantitative estimate of drug-likeness (QED) is 0.333. The van der Waals surface area contributed by atoms with Gasteiger partial charge in [-0.2, -0.15) is 0 Å². The fourth-order valence-electron chi connectivity index (χ4n) is 4.14. The number of hydrogen-bond acceptors (Lipinski definition) is 1. The van der Waals surface area contributed by atoms with Crippen LogP contribution >= 0.6 is 0 Å². The Morgan fingerprint density at radius 1 is 0.862 bits per heavy atom. The van der Waals surface area contributed by atoms with Gasteiger partial charge in [0.05, 0.1) is 0 Å². The zero-order valence-electron chi connectivity index (χ0n) is 20.6. The van der Waals surface area contributed by atoms with Gasteiger partial charge in [-0.05, 0) is 34.8 Å². The Hall–Kier alpha value is -1.27. The van der Waals surface area contributed by atoms with E-state index in [-0.39, 0.29) is 5.04 Å². The van der Waals surface area contributed by atoms with Crippen molar-refractivity contribution in [2.75, 3.05) is 0 Å². The largest absolute Gasteiger partial charge is 0.388 e. The van der Waals surface area contributed by atoms with Gasteiger partial charge in [-0.25, -0.2) is 0 Å². The van der Waals surface area contributed by atoms with Crippen LogP contribution in [0.2, 0.25) is 34.8 Å². The van der Waals surface area contributed by atoms with Gasteiger partial charge in [-0.1, -0.05) is 104 Å². The Kier molecular flexibility index (Phi) is 8.23. The van der Waals surface area contributed by atoms with E-state index in [0.29, 0.717) is 16.6 Å². The highest BCUT2D eigenvalue weighted by Crippen LogP contribution is 2.43. The maximum Gasteiger partial charge on any atom is 0.206 e. The van der Waals surface area contributed by atoms with Crippen LogP contribution in [0, 0.1) is 23.8 Å².